The zero-order valence-corrected chi connectivity index (χ0v) is 12.8. The van der Waals surface area contributed by atoms with Crippen LogP contribution >= 0.6 is 0 Å². The molecular weight excluding hydrogens is 386 g/mol. The number of ether oxygens (including phenoxy) is 1. The first-order chi connectivity index (χ1) is 11.7. The molecule has 1 aliphatic rings. The summed E-state index contributed by atoms with van der Waals surface area (Å²) >= 11 is 0. The first-order valence-corrected chi connectivity index (χ1v) is 6.35. The normalized spacial score (nSPS) is 42.4. The Labute approximate surface area is 146 Å². The molecule has 0 aromatic heterocycles. The van der Waals surface area contributed by atoms with Crippen molar-refractivity contribution in [3.05, 3.63) is 0 Å². The smallest absolute Gasteiger partial charge is 0.368 e. The SMILES string of the molecule is NC(N)(O)[C@@]1(N)OC(O)(C(=O)O)[C@@](O)(C(=O)O)[C@](O)(C(=O)O)[C@]1(O)C(=O)O. The van der Waals surface area contributed by atoms with E-state index in [-0.39, 0.29) is 0 Å². The maximum Gasteiger partial charge on any atom is 0.368 e. The largest absolute Gasteiger partial charge is 0.479 e. The summed E-state index contributed by atoms with van der Waals surface area (Å²) in [7, 11) is 0. The number of hydrogen-bond acceptors (Lipinski definition) is 13. The second-order valence-corrected chi connectivity index (χ2v) is 5.66. The molecule has 0 aromatic rings. The van der Waals surface area contributed by atoms with Gasteiger partial charge in [0.2, 0.25) is 11.6 Å². The molecule has 154 valence electrons. The van der Waals surface area contributed by atoms with Crippen molar-refractivity contribution in [3.8, 4) is 0 Å². The van der Waals surface area contributed by atoms with E-state index >= 15 is 0 Å². The minimum Gasteiger partial charge on any atom is -0.479 e. The van der Waals surface area contributed by atoms with Gasteiger partial charge in [-0.1, -0.05) is 0 Å². The molecule has 1 rings (SSSR count). The number of aliphatic hydroxyl groups is 5. The molecule has 1 heterocycles. The van der Waals surface area contributed by atoms with Crippen molar-refractivity contribution in [1.82, 2.24) is 0 Å². The van der Waals surface area contributed by atoms with Crippen LogP contribution in [0.1, 0.15) is 0 Å². The topological polar surface area (TPSA) is 338 Å². The maximum absolute atomic E-state index is 11.6. The van der Waals surface area contributed by atoms with Crippen molar-refractivity contribution in [2.24, 2.45) is 17.2 Å². The third-order valence-electron chi connectivity index (χ3n) is 4.20. The molecule has 1 saturated heterocycles. The van der Waals surface area contributed by atoms with E-state index in [2.05, 4.69) is 4.74 Å². The Bertz CT molecular complexity index is 735. The molecule has 1 aliphatic heterocycles. The Kier molecular flexibility index (Phi) is 4.61. The molecule has 17 heteroatoms. The Balaban J connectivity index is 4.33. The van der Waals surface area contributed by atoms with Crippen LogP contribution in [0.5, 0.6) is 0 Å². The van der Waals surface area contributed by atoms with E-state index in [0.29, 0.717) is 0 Å². The van der Waals surface area contributed by atoms with E-state index in [0.717, 1.165) is 0 Å². The van der Waals surface area contributed by atoms with Gasteiger partial charge in [-0.2, -0.15) is 0 Å². The van der Waals surface area contributed by atoms with Gasteiger partial charge in [0.1, 0.15) is 0 Å². The third kappa shape index (κ3) is 2.07. The van der Waals surface area contributed by atoms with Crippen LogP contribution in [-0.4, -0.2) is 104 Å². The number of nitrogens with two attached hydrogens (primary N) is 3. The molecule has 1 fully saturated rings. The summed E-state index contributed by atoms with van der Waals surface area (Å²) in [6.07, 6.45) is 0. The molecule has 1 unspecified atom stereocenters. The summed E-state index contributed by atoms with van der Waals surface area (Å²) in [4.78, 5) is 45.9. The van der Waals surface area contributed by atoms with Crippen molar-refractivity contribution in [2.45, 2.75) is 34.2 Å². The highest BCUT2D eigenvalue weighted by molar-refractivity contribution is 6.03. The predicted octanol–water partition coefficient (Wildman–Crippen LogP) is -7.54. The summed E-state index contributed by atoms with van der Waals surface area (Å²) in [6, 6.07) is 0. The van der Waals surface area contributed by atoms with Gasteiger partial charge in [0.05, 0.1) is 0 Å². The van der Waals surface area contributed by atoms with Crippen LogP contribution in [0, 0.1) is 0 Å². The fourth-order valence-corrected chi connectivity index (χ4v) is 2.65. The van der Waals surface area contributed by atoms with Gasteiger partial charge in [0, 0.05) is 0 Å². The van der Waals surface area contributed by atoms with Crippen LogP contribution in [0.2, 0.25) is 0 Å². The molecule has 15 N–H and O–H groups in total. The summed E-state index contributed by atoms with van der Waals surface area (Å²) in [5.41, 5.74) is -4.48. The molecule has 0 spiro atoms. The number of carboxylic acid groups (broad SMARTS) is 4. The number of rotatable bonds is 5. The van der Waals surface area contributed by atoms with Gasteiger partial charge in [-0.3, -0.25) is 17.2 Å². The number of aliphatic carboxylic acids is 4. The van der Waals surface area contributed by atoms with Gasteiger partial charge in [0.25, 0.3) is 16.8 Å². The first kappa shape index (κ1) is 22.6. The predicted molar refractivity (Wildman–Crippen MR) is 71.7 cm³/mol. The van der Waals surface area contributed by atoms with Crippen LogP contribution in [-0.2, 0) is 23.9 Å². The van der Waals surface area contributed by atoms with Crippen molar-refractivity contribution in [3.63, 3.8) is 0 Å². The molecule has 27 heavy (non-hydrogen) atoms. The molecule has 0 radical (unpaired) electrons. The Morgan fingerprint density at radius 3 is 1.26 bits per heavy atom. The van der Waals surface area contributed by atoms with Crippen LogP contribution in [0.4, 0.5) is 0 Å². The molecular formula is C10H15N3O14. The zero-order chi connectivity index (χ0) is 22.0. The zero-order valence-electron chi connectivity index (χ0n) is 12.8. The molecule has 0 bridgehead atoms. The van der Waals surface area contributed by atoms with Crippen molar-refractivity contribution < 1.29 is 69.9 Å². The molecule has 0 aliphatic carbocycles. The summed E-state index contributed by atoms with van der Waals surface area (Å²) < 4.78 is 4.04. The second kappa shape index (κ2) is 5.51. The van der Waals surface area contributed by atoms with E-state index < -0.39 is 58.0 Å². The fourth-order valence-electron chi connectivity index (χ4n) is 2.65. The fraction of sp³-hybridized carbons (Fsp3) is 0.600. The summed E-state index contributed by atoms with van der Waals surface area (Å²) in [6.45, 7) is 0. The quantitative estimate of drug-likeness (QED) is 0.190. The van der Waals surface area contributed by atoms with Crippen molar-refractivity contribution >= 4 is 23.9 Å². The third-order valence-corrected chi connectivity index (χ3v) is 4.20. The average molecular weight is 401 g/mol. The van der Waals surface area contributed by atoms with Crippen LogP contribution in [0.25, 0.3) is 0 Å². The first-order valence-electron chi connectivity index (χ1n) is 6.35. The molecule has 5 atom stereocenters. The van der Waals surface area contributed by atoms with Crippen LogP contribution in [0.3, 0.4) is 0 Å². The van der Waals surface area contributed by atoms with E-state index in [4.69, 9.17) is 27.4 Å². The minimum absolute atomic E-state index is 2.96. The molecule has 17 nitrogen and oxygen atoms in total. The lowest BCUT2D eigenvalue weighted by Crippen LogP contribution is -3.00. The highest BCUT2D eigenvalue weighted by Crippen LogP contribution is 2.53. The maximum atomic E-state index is 11.6. The van der Waals surface area contributed by atoms with Crippen LogP contribution < -0.4 is 17.2 Å². The monoisotopic (exact) mass is 401 g/mol. The van der Waals surface area contributed by atoms with E-state index in [1.807, 2.05) is 0 Å². The van der Waals surface area contributed by atoms with Crippen molar-refractivity contribution in [1.29, 1.82) is 0 Å². The van der Waals surface area contributed by atoms with E-state index in [1.165, 1.54) is 0 Å². The molecule has 0 amide bonds. The number of carboxylic acids is 4. The lowest BCUT2D eigenvalue weighted by atomic mass is 9.59. The molecule has 0 aromatic carbocycles. The Hall–Kier alpha value is -2.48. The average Bonchev–Trinajstić information content (AvgIpc) is 2.48. The lowest BCUT2D eigenvalue weighted by Gasteiger charge is -2.61. The molecule has 0 saturated carbocycles. The summed E-state index contributed by atoms with van der Waals surface area (Å²) in [5, 5.41) is 87.2. The number of hydrogen-bond donors (Lipinski definition) is 12. The van der Waals surface area contributed by atoms with Gasteiger partial charge in [0.15, 0.2) is 0 Å². The van der Waals surface area contributed by atoms with Gasteiger partial charge in [-0.15, -0.1) is 0 Å². The Morgan fingerprint density at radius 2 is 1.04 bits per heavy atom. The van der Waals surface area contributed by atoms with Crippen molar-refractivity contribution in [2.75, 3.05) is 0 Å². The Morgan fingerprint density at radius 1 is 0.704 bits per heavy atom. The minimum atomic E-state index is -5.13. The lowest BCUT2D eigenvalue weighted by molar-refractivity contribution is -0.448. The number of carbonyl (C=O) groups is 4. The highest BCUT2D eigenvalue weighted by Gasteiger charge is 2.93. The van der Waals surface area contributed by atoms with Gasteiger partial charge >= 0.3 is 29.7 Å². The van der Waals surface area contributed by atoms with E-state index in [1.54, 1.807) is 0 Å². The summed E-state index contributed by atoms with van der Waals surface area (Å²) in [5.74, 6) is -21.0. The van der Waals surface area contributed by atoms with Gasteiger partial charge in [-0.25, -0.2) is 19.2 Å². The van der Waals surface area contributed by atoms with Gasteiger partial charge < -0.3 is 50.7 Å². The van der Waals surface area contributed by atoms with Crippen LogP contribution in [0.15, 0.2) is 0 Å². The van der Waals surface area contributed by atoms with Gasteiger partial charge in [-0.05, 0) is 0 Å². The van der Waals surface area contributed by atoms with E-state index in [9.17, 15) is 54.9 Å². The second-order valence-electron chi connectivity index (χ2n) is 5.66. The standard InChI is InChI=1S/C10H15N3O14/c11-9(10(12,13)26)7(24,3(18)19)5(22,1(14)15)6(23,2(16)17)8(25,27-9)4(20)21/h22-26H,11-13H2,(H,14,15)(H,16,17)(H,18,19)(H,20,21)/t5-,6-,7-,8?,9+/m1/s1. The highest BCUT2D eigenvalue weighted by atomic mass is 16.7.